The Labute approximate surface area is 132 Å². The molecule has 1 saturated carbocycles. The van der Waals surface area contributed by atoms with Crippen LogP contribution in [0.25, 0.3) is 0 Å². The first-order valence-corrected chi connectivity index (χ1v) is 8.27. The van der Waals surface area contributed by atoms with E-state index in [1.165, 1.54) is 18.9 Å². The lowest BCUT2D eigenvalue weighted by Crippen LogP contribution is -2.34. The first kappa shape index (κ1) is 15.6. The summed E-state index contributed by atoms with van der Waals surface area (Å²) in [5, 5.41) is 12.7. The third-order valence-corrected chi connectivity index (χ3v) is 4.88. The number of benzene rings is 1. The second kappa shape index (κ2) is 7.32. The SMILES string of the molecule is O=C(NCC1CCCCC1CCl)c1ccc(Br)cc1O. The van der Waals surface area contributed by atoms with E-state index >= 15 is 0 Å². The van der Waals surface area contributed by atoms with Gasteiger partial charge in [0.15, 0.2) is 0 Å². The molecular formula is C15H19BrClNO2. The normalized spacial score (nSPS) is 22.5. The Morgan fingerprint density at radius 3 is 2.70 bits per heavy atom. The number of phenols is 1. The Morgan fingerprint density at radius 2 is 2.05 bits per heavy atom. The molecular weight excluding hydrogens is 342 g/mol. The van der Waals surface area contributed by atoms with Crippen molar-refractivity contribution in [1.82, 2.24) is 5.32 Å². The third kappa shape index (κ3) is 3.89. The molecule has 0 heterocycles. The molecule has 1 aliphatic carbocycles. The molecule has 2 unspecified atom stereocenters. The first-order valence-electron chi connectivity index (χ1n) is 6.94. The van der Waals surface area contributed by atoms with Crippen LogP contribution in [-0.4, -0.2) is 23.4 Å². The molecule has 1 amide bonds. The molecule has 1 aliphatic rings. The van der Waals surface area contributed by atoms with E-state index in [2.05, 4.69) is 21.2 Å². The van der Waals surface area contributed by atoms with E-state index in [9.17, 15) is 9.90 Å². The highest BCUT2D eigenvalue weighted by Gasteiger charge is 2.25. The minimum Gasteiger partial charge on any atom is -0.507 e. The maximum atomic E-state index is 12.1. The van der Waals surface area contributed by atoms with Crippen LogP contribution in [0.15, 0.2) is 22.7 Å². The zero-order valence-electron chi connectivity index (χ0n) is 11.2. The summed E-state index contributed by atoms with van der Waals surface area (Å²) in [6.07, 6.45) is 4.70. The second-order valence-corrected chi connectivity index (χ2v) is 6.55. The van der Waals surface area contributed by atoms with Gasteiger partial charge in [-0.15, -0.1) is 11.6 Å². The van der Waals surface area contributed by atoms with E-state index in [-0.39, 0.29) is 11.7 Å². The van der Waals surface area contributed by atoms with Gasteiger partial charge in [0, 0.05) is 16.9 Å². The van der Waals surface area contributed by atoms with Crippen molar-refractivity contribution in [3.63, 3.8) is 0 Å². The second-order valence-electron chi connectivity index (χ2n) is 5.33. The summed E-state index contributed by atoms with van der Waals surface area (Å²) in [7, 11) is 0. The van der Waals surface area contributed by atoms with Gasteiger partial charge in [0.1, 0.15) is 5.75 Å². The Hall–Kier alpha value is -0.740. The van der Waals surface area contributed by atoms with E-state index in [1.54, 1.807) is 12.1 Å². The van der Waals surface area contributed by atoms with Gasteiger partial charge in [0.25, 0.3) is 5.91 Å². The van der Waals surface area contributed by atoms with E-state index in [4.69, 9.17) is 11.6 Å². The van der Waals surface area contributed by atoms with Crippen LogP contribution in [0.2, 0.25) is 0 Å². The van der Waals surface area contributed by atoms with E-state index in [0.717, 1.165) is 17.3 Å². The molecule has 0 spiro atoms. The van der Waals surface area contributed by atoms with Crippen LogP contribution >= 0.6 is 27.5 Å². The van der Waals surface area contributed by atoms with E-state index in [1.807, 2.05) is 0 Å². The molecule has 1 aromatic rings. The average Bonchev–Trinajstić information content (AvgIpc) is 2.45. The van der Waals surface area contributed by atoms with Crippen LogP contribution < -0.4 is 5.32 Å². The van der Waals surface area contributed by atoms with E-state index < -0.39 is 0 Å². The van der Waals surface area contributed by atoms with Gasteiger partial charge in [-0.3, -0.25) is 4.79 Å². The van der Waals surface area contributed by atoms with Crippen LogP contribution in [0.5, 0.6) is 5.75 Å². The fraction of sp³-hybridized carbons (Fsp3) is 0.533. The highest BCUT2D eigenvalue weighted by Crippen LogP contribution is 2.30. The molecule has 3 nitrogen and oxygen atoms in total. The molecule has 1 fully saturated rings. The minimum atomic E-state index is -0.228. The summed E-state index contributed by atoms with van der Waals surface area (Å²) in [6.45, 7) is 0.631. The lowest BCUT2D eigenvalue weighted by molar-refractivity contribution is 0.0934. The summed E-state index contributed by atoms with van der Waals surface area (Å²) >= 11 is 9.25. The standard InChI is InChI=1S/C15H19BrClNO2/c16-12-5-6-13(14(19)7-12)15(20)18-9-11-4-2-1-3-10(11)8-17/h5-7,10-11,19H,1-4,8-9H2,(H,18,20). The van der Waals surface area contributed by atoms with Crippen molar-refractivity contribution in [2.45, 2.75) is 25.7 Å². The number of hydrogen-bond acceptors (Lipinski definition) is 2. The molecule has 0 radical (unpaired) electrons. The van der Waals surface area contributed by atoms with Gasteiger partial charge >= 0.3 is 0 Å². The molecule has 110 valence electrons. The van der Waals surface area contributed by atoms with Crippen LogP contribution in [0.3, 0.4) is 0 Å². The Bertz CT molecular complexity index is 481. The van der Waals surface area contributed by atoms with Gasteiger partial charge in [0.2, 0.25) is 0 Å². The largest absolute Gasteiger partial charge is 0.507 e. The predicted octanol–water partition coefficient (Wildman–Crippen LogP) is 3.93. The van der Waals surface area contributed by atoms with Crippen molar-refractivity contribution in [2.24, 2.45) is 11.8 Å². The number of alkyl halides is 1. The number of aromatic hydroxyl groups is 1. The molecule has 0 saturated heterocycles. The molecule has 0 aliphatic heterocycles. The van der Waals surface area contributed by atoms with Gasteiger partial charge in [-0.1, -0.05) is 28.8 Å². The van der Waals surface area contributed by atoms with Crippen LogP contribution in [0.4, 0.5) is 0 Å². The van der Waals surface area contributed by atoms with Gasteiger partial charge in [0.05, 0.1) is 5.56 Å². The van der Waals surface area contributed by atoms with Crippen LogP contribution in [-0.2, 0) is 0 Å². The van der Waals surface area contributed by atoms with Gasteiger partial charge in [-0.2, -0.15) is 0 Å². The van der Waals surface area contributed by atoms with Crippen LogP contribution in [0.1, 0.15) is 36.0 Å². The van der Waals surface area contributed by atoms with Gasteiger partial charge in [-0.05, 0) is 42.9 Å². The highest BCUT2D eigenvalue weighted by molar-refractivity contribution is 9.10. The number of amides is 1. The number of phenolic OH excluding ortho intramolecular Hbond substituents is 1. The fourth-order valence-electron chi connectivity index (χ4n) is 2.77. The van der Waals surface area contributed by atoms with Gasteiger partial charge in [-0.25, -0.2) is 0 Å². The van der Waals surface area contributed by atoms with Gasteiger partial charge < -0.3 is 10.4 Å². The summed E-state index contributed by atoms with van der Waals surface area (Å²) in [6, 6.07) is 4.89. The average molecular weight is 361 g/mol. The maximum Gasteiger partial charge on any atom is 0.255 e. The minimum absolute atomic E-state index is 0.00517. The number of halogens is 2. The summed E-state index contributed by atoms with van der Waals surface area (Å²) in [5.74, 6) is 1.36. The number of hydrogen-bond donors (Lipinski definition) is 2. The Morgan fingerprint density at radius 1 is 1.35 bits per heavy atom. The quantitative estimate of drug-likeness (QED) is 0.799. The third-order valence-electron chi connectivity index (χ3n) is 3.99. The number of carbonyl (C=O) groups excluding carboxylic acids is 1. The molecule has 0 aromatic heterocycles. The molecule has 5 heteroatoms. The Kier molecular flexibility index (Phi) is 5.73. The fourth-order valence-corrected chi connectivity index (χ4v) is 3.53. The molecule has 2 N–H and O–H groups in total. The lowest BCUT2D eigenvalue weighted by atomic mass is 9.80. The number of nitrogens with one attached hydrogen (secondary N) is 1. The molecule has 2 atom stereocenters. The van der Waals surface area contributed by atoms with Crippen LogP contribution in [0, 0.1) is 11.8 Å². The number of rotatable bonds is 4. The van der Waals surface area contributed by atoms with Crippen molar-refractivity contribution in [3.05, 3.63) is 28.2 Å². The highest BCUT2D eigenvalue weighted by atomic mass is 79.9. The van der Waals surface area contributed by atoms with E-state index in [0.29, 0.717) is 29.8 Å². The van der Waals surface area contributed by atoms with Crippen molar-refractivity contribution < 1.29 is 9.90 Å². The lowest BCUT2D eigenvalue weighted by Gasteiger charge is -2.30. The Balaban J connectivity index is 1.94. The monoisotopic (exact) mass is 359 g/mol. The molecule has 2 rings (SSSR count). The topological polar surface area (TPSA) is 49.3 Å². The summed E-state index contributed by atoms with van der Waals surface area (Å²) in [5.41, 5.74) is 0.312. The molecule has 20 heavy (non-hydrogen) atoms. The van der Waals surface area contributed by atoms with Crippen molar-refractivity contribution >= 4 is 33.4 Å². The van der Waals surface area contributed by atoms with Crippen molar-refractivity contribution in [3.8, 4) is 5.75 Å². The molecule has 0 bridgehead atoms. The van der Waals surface area contributed by atoms with Crippen molar-refractivity contribution in [1.29, 1.82) is 0 Å². The summed E-state index contributed by atoms with van der Waals surface area (Å²) in [4.78, 5) is 12.1. The maximum absolute atomic E-state index is 12.1. The zero-order chi connectivity index (χ0) is 14.5. The summed E-state index contributed by atoms with van der Waals surface area (Å²) < 4.78 is 0.751. The predicted molar refractivity (Wildman–Crippen MR) is 84.3 cm³/mol. The van der Waals surface area contributed by atoms with Crippen molar-refractivity contribution in [2.75, 3.05) is 12.4 Å². The first-order chi connectivity index (χ1) is 9.61. The number of carbonyl (C=O) groups is 1. The molecule has 1 aromatic carbocycles. The zero-order valence-corrected chi connectivity index (χ0v) is 13.6. The smallest absolute Gasteiger partial charge is 0.255 e.